The molecule has 1 rings (SSSR count). The highest BCUT2D eigenvalue weighted by atomic mass is 32.1. The van der Waals surface area contributed by atoms with Crippen molar-refractivity contribution in [2.24, 2.45) is 11.8 Å². The molecule has 0 aromatic carbocycles. The van der Waals surface area contributed by atoms with E-state index in [-0.39, 0.29) is 6.10 Å². The number of carbonyl (C=O) groups excluding carboxylic acids is 1. The number of rotatable bonds is 6. The lowest BCUT2D eigenvalue weighted by atomic mass is 9.92. The van der Waals surface area contributed by atoms with Crippen LogP contribution in [0.3, 0.4) is 0 Å². The minimum atomic E-state index is 0.0103. The molecular weight excluding hydrogens is 222 g/mol. The number of aromatic nitrogens is 1. The minimum Gasteiger partial charge on any atom is -0.374 e. The minimum absolute atomic E-state index is 0.0103. The van der Waals surface area contributed by atoms with Gasteiger partial charge >= 0.3 is 0 Å². The summed E-state index contributed by atoms with van der Waals surface area (Å²) >= 11 is 1.49. The van der Waals surface area contributed by atoms with Gasteiger partial charge < -0.3 is 4.74 Å². The predicted octanol–water partition coefficient (Wildman–Crippen LogP) is 3.33. The third kappa shape index (κ3) is 3.39. The van der Waals surface area contributed by atoms with E-state index in [9.17, 15) is 4.79 Å². The van der Waals surface area contributed by atoms with Gasteiger partial charge in [0.05, 0.1) is 0 Å². The molecule has 2 unspecified atom stereocenters. The van der Waals surface area contributed by atoms with E-state index in [0.717, 1.165) is 17.7 Å². The number of nitrogens with zero attached hydrogens (tertiary/aromatic N) is 1. The summed E-state index contributed by atoms with van der Waals surface area (Å²) in [6.07, 6.45) is 1.73. The average Bonchev–Trinajstić information content (AvgIpc) is 2.73. The van der Waals surface area contributed by atoms with Crippen LogP contribution in [0.4, 0.5) is 0 Å². The van der Waals surface area contributed by atoms with Crippen LogP contribution in [0.25, 0.3) is 0 Å². The Bertz CT molecular complexity index is 336. The zero-order chi connectivity index (χ0) is 12.1. The van der Waals surface area contributed by atoms with Gasteiger partial charge in [0, 0.05) is 12.5 Å². The Morgan fingerprint density at radius 1 is 1.50 bits per heavy atom. The zero-order valence-electron chi connectivity index (χ0n) is 10.3. The van der Waals surface area contributed by atoms with Crippen molar-refractivity contribution >= 4 is 17.6 Å². The van der Waals surface area contributed by atoms with E-state index in [1.54, 1.807) is 12.5 Å². The molecule has 2 atom stereocenters. The molecule has 1 aromatic heterocycles. The van der Waals surface area contributed by atoms with Gasteiger partial charge in [-0.1, -0.05) is 20.8 Å². The molecule has 0 bridgehead atoms. The molecule has 0 saturated carbocycles. The number of aldehydes is 1. The van der Waals surface area contributed by atoms with Crippen molar-refractivity contribution in [3.05, 3.63) is 16.1 Å². The smallest absolute Gasteiger partial charge is 0.169 e. The molecule has 0 radical (unpaired) electrons. The van der Waals surface area contributed by atoms with Gasteiger partial charge in [-0.3, -0.25) is 4.79 Å². The molecule has 90 valence electrons. The fraction of sp³-hybridized carbons (Fsp3) is 0.667. The monoisotopic (exact) mass is 241 g/mol. The van der Waals surface area contributed by atoms with Crippen molar-refractivity contribution in [2.75, 3.05) is 7.11 Å². The maximum absolute atomic E-state index is 10.6. The lowest BCUT2D eigenvalue weighted by molar-refractivity contribution is 0.0751. The fourth-order valence-corrected chi connectivity index (χ4v) is 2.26. The number of hydrogen-bond donors (Lipinski definition) is 0. The summed E-state index contributed by atoms with van der Waals surface area (Å²) in [6.45, 7) is 6.62. The molecule has 3 nitrogen and oxygen atoms in total. The number of hydrogen-bond acceptors (Lipinski definition) is 4. The van der Waals surface area contributed by atoms with Gasteiger partial charge in [0.2, 0.25) is 0 Å². The fourth-order valence-electron chi connectivity index (χ4n) is 1.41. The Morgan fingerprint density at radius 2 is 2.19 bits per heavy atom. The second-order valence-corrected chi connectivity index (χ2v) is 5.30. The Hall–Kier alpha value is -0.740. The van der Waals surface area contributed by atoms with Gasteiger partial charge in [-0.2, -0.15) is 0 Å². The van der Waals surface area contributed by atoms with Crippen LogP contribution in [0.5, 0.6) is 0 Å². The van der Waals surface area contributed by atoms with Gasteiger partial charge in [0.15, 0.2) is 6.29 Å². The number of methoxy groups -OCH3 is 1. The van der Waals surface area contributed by atoms with E-state index in [0.29, 0.717) is 17.5 Å². The molecular formula is C12H19NO2S. The van der Waals surface area contributed by atoms with Crippen LogP contribution in [0.2, 0.25) is 0 Å². The maximum atomic E-state index is 10.6. The third-order valence-electron chi connectivity index (χ3n) is 2.94. The van der Waals surface area contributed by atoms with E-state index in [1.807, 2.05) is 0 Å². The Kier molecular flexibility index (Phi) is 5.09. The number of thiazole rings is 1. The first-order valence-corrected chi connectivity index (χ1v) is 6.39. The number of ether oxygens (including phenoxy) is 1. The van der Waals surface area contributed by atoms with Gasteiger partial charge in [0.25, 0.3) is 0 Å². The molecule has 0 aliphatic rings. The quantitative estimate of drug-likeness (QED) is 0.717. The van der Waals surface area contributed by atoms with E-state index in [1.165, 1.54) is 11.3 Å². The highest BCUT2D eigenvalue weighted by Crippen LogP contribution is 2.29. The average molecular weight is 241 g/mol. The largest absolute Gasteiger partial charge is 0.374 e. The topological polar surface area (TPSA) is 39.2 Å². The van der Waals surface area contributed by atoms with Crippen molar-refractivity contribution in [3.8, 4) is 0 Å². The maximum Gasteiger partial charge on any atom is 0.169 e. The van der Waals surface area contributed by atoms with Gasteiger partial charge in [-0.05, 0) is 18.3 Å². The van der Waals surface area contributed by atoms with Crippen LogP contribution in [-0.4, -0.2) is 18.4 Å². The van der Waals surface area contributed by atoms with Crippen LogP contribution in [0.1, 0.15) is 48.8 Å². The summed E-state index contributed by atoms with van der Waals surface area (Å²) < 4.78 is 5.45. The molecule has 0 aliphatic carbocycles. The van der Waals surface area contributed by atoms with Gasteiger partial charge in [-0.15, -0.1) is 11.3 Å². The molecule has 1 heterocycles. The molecule has 0 fully saturated rings. The summed E-state index contributed by atoms with van der Waals surface area (Å²) in [4.78, 5) is 14.8. The van der Waals surface area contributed by atoms with Gasteiger partial charge in [0.1, 0.15) is 16.8 Å². The summed E-state index contributed by atoms with van der Waals surface area (Å²) in [5.41, 5.74) is 0.499. The molecule has 0 spiro atoms. The molecule has 0 amide bonds. The predicted molar refractivity (Wildman–Crippen MR) is 65.9 cm³/mol. The van der Waals surface area contributed by atoms with Crippen LogP contribution < -0.4 is 0 Å². The normalized spacial score (nSPS) is 15.1. The Balaban J connectivity index is 2.70. The second-order valence-electron chi connectivity index (χ2n) is 4.41. The summed E-state index contributed by atoms with van der Waals surface area (Å²) in [5.74, 6) is 1.21. The number of carbonyl (C=O) groups is 1. The summed E-state index contributed by atoms with van der Waals surface area (Å²) in [6, 6.07) is 0. The van der Waals surface area contributed by atoms with Crippen LogP contribution in [0, 0.1) is 11.8 Å². The molecule has 1 aromatic rings. The van der Waals surface area contributed by atoms with Crippen LogP contribution in [-0.2, 0) is 4.74 Å². The van der Waals surface area contributed by atoms with Crippen molar-refractivity contribution in [1.29, 1.82) is 0 Å². The van der Waals surface area contributed by atoms with E-state index >= 15 is 0 Å². The highest BCUT2D eigenvalue weighted by molar-refractivity contribution is 7.09. The standard InChI is InChI=1S/C12H19NO2S/c1-8(2)9(3)5-11(15-4)12-13-10(6-14)7-16-12/h6-9,11H,5H2,1-4H3. The first-order chi connectivity index (χ1) is 7.58. The van der Waals surface area contributed by atoms with E-state index in [4.69, 9.17) is 4.74 Å². The van der Waals surface area contributed by atoms with E-state index in [2.05, 4.69) is 25.8 Å². The molecule has 0 saturated heterocycles. The summed E-state index contributed by atoms with van der Waals surface area (Å²) in [5, 5.41) is 2.67. The van der Waals surface area contributed by atoms with Crippen molar-refractivity contribution < 1.29 is 9.53 Å². The van der Waals surface area contributed by atoms with Crippen LogP contribution >= 0.6 is 11.3 Å². The lowest BCUT2D eigenvalue weighted by Crippen LogP contribution is -2.11. The van der Waals surface area contributed by atoms with Crippen molar-refractivity contribution in [1.82, 2.24) is 4.98 Å². The third-order valence-corrected chi connectivity index (χ3v) is 3.90. The first kappa shape index (κ1) is 13.3. The van der Waals surface area contributed by atoms with Gasteiger partial charge in [-0.25, -0.2) is 4.98 Å². The summed E-state index contributed by atoms with van der Waals surface area (Å²) in [7, 11) is 1.69. The van der Waals surface area contributed by atoms with Crippen molar-refractivity contribution in [2.45, 2.75) is 33.3 Å². The second kappa shape index (κ2) is 6.11. The molecule has 16 heavy (non-hydrogen) atoms. The van der Waals surface area contributed by atoms with E-state index < -0.39 is 0 Å². The van der Waals surface area contributed by atoms with Crippen molar-refractivity contribution in [3.63, 3.8) is 0 Å². The SMILES string of the molecule is COC(CC(C)C(C)C)c1nc(C=O)cs1. The highest BCUT2D eigenvalue weighted by Gasteiger charge is 2.19. The Labute approximate surface area is 101 Å². The molecule has 0 N–H and O–H groups in total. The molecule has 4 heteroatoms. The molecule has 0 aliphatic heterocycles. The Morgan fingerprint density at radius 3 is 2.62 bits per heavy atom. The first-order valence-electron chi connectivity index (χ1n) is 5.51. The zero-order valence-corrected chi connectivity index (χ0v) is 11.1. The van der Waals surface area contributed by atoms with Crippen LogP contribution in [0.15, 0.2) is 5.38 Å². The lowest BCUT2D eigenvalue weighted by Gasteiger charge is -2.20.